The number of hydrogen-bond acceptors (Lipinski definition) is 2. The predicted molar refractivity (Wildman–Crippen MR) is 82.3 cm³/mol. The van der Waals surface area contributed by atoms with E-state index in [0.717, 1.165) is 49.9 Å². The summed E-state index contributed by atoms with van der Waals surface area (Å²) in [5.41, 5.74) is 6.66. The minimum atomic E-state index is -0.357. The van der Waals surface area contributed by atoms with E-state index in [4.69, 9.17) is 12.3 Å². The molecule has 2 N–H and O–H groups in total. The highest BCUT2D eigenvalue weighted by Gasteiger charge is 2.61. The van der Waals surface area contributed by atoms with Gasteiger partial charge in [-0.15, -0.1) is 0 Å². The van der Waals surface area contributed by atoms with Gasteiger partial charge in [0, 0.05) is 12.5 Å². The minimum Gasteiger partial charge on any atom is -0.319 e. The molecule has 1 amide bonds. The van der Waals surface area contributed by atoms with Crippen LogP contribution in [0, 0.1) is 35.7 Å². The van der Waals surface area contributed by atoms with Crippen LogP contribution in [0.15, 0.2) is 0 Å². The number of nitrogens with two attached hydrogens (primary N) is 1. The van der Waals surface area contributed by atoms with Crippen LogP contribution in [-0.2, 0) is 4.79 Å². The van der Waals surface area contributed by atoms with Gasteiger partial charge in [0.2, 0.25) is 5.91 Å². The average Bonchev–Trinajstić information content (AvgIpc) is 3.15. The average molecular weight is 299 g/mol. The molecular weight excluding hydrogens is 274 g/mol. The highest BCUT2D eigenvalue weighted by molar-refractivity contribution is 5.84. The fourth-order valence-corrected chi connectivity index (χ4v) is 6.84. The van der Waals surface area contributed by atoms with E-state index in [1.165, 1.54) is 19.3 Å². The third kappa shape index (κ3) is 1.69. The Bertz CT molecular complexity index is 530. The van der Waals surface area contributed by atoms with Gasteiger partial charge in [-0.3, -0.25) is 14.5 Å². The van der Waals surface area contributed by atoms with Crippen molar-refractivity contribution in [3.8, 4) is 0 Å². The summed E-state index contributed by atoms with van der Waals surface area (Å²) in [4.78, 5) is 18.7. The molecule has 5 saturated carbocycles. The molecule has 4 nitrogen and oxygen atoms in total. The molecule has 3 unspecified atom stereocenters. The molecule has 4 bridgehead atoms. The van der Waals surface area contributed by atoms with Crippen molar-refractivity contribution in [1.29, 1.82) is 0 Å². The van der Waals surface area contributed by atoms with Gasteiger partial charge in [0.05, 0.1) is 6.04 Å². The van der Waals surface area contributed by atoms with Crippen molar-refractivity contribution in [2.24, 2.45) is 34.8 Å². The lowest BCUT2D eigenvalue weighted by atomic mass is 9.47. The first-order valence-corrected chi connectivity index (χ1v) is 9.04. The van der Waals surface area contributed by atoms with Crippen LogP contribution in [-0.4, -0.2) is 29.1 Å². The van der Waals surface area contributed by atoms with E-state index in [1.54, 1.807) is 0 Å². The Hall–Kier alpha value is -1.08. The van der Waals surface area contributed by atoms with Crippen molar-refractivity contribution in [2.75, 3.05) is 0 Å². The summed E-state index contributed by atoms with van der Waals surface area (Å²) in [5.74, 6) is 3.14. The molecule has 22 heavy (non-hydrogen) atoms. The van der Waals surface area contributed by atoms with Gasteiger partial charge in [0.1, 0.15) is 0 Å². The summed E-state index contributed by atoms with van der Waals surface area (Å²) < 4.78 is 0. The van der Waals surface area contributed by atoms with Crippen LogP contribution in [0.4, 0.5) is 0 Å². The standard InChI is InChI=1S/C18H25N3O/c1-20-15-6-13-5-14(13)21(15)17(22)16(19)18-7-10-2-11(8-18)4-12(3-10)9-18/h10-16H,2-9,19H2/t10?,11?,12?,13?,14?,15?,16-,18?/m1/s1. The van der Waals surface area contributed by atoms with E-state index < -0.39 is 0 Å². The quantitative estimate of drug-likeness (QED) is 0.796. The van der Waals surface area contributed by atoms with Crippen molar-refractivity contribution in [2.45, 2.75) is 69.6 Å². The van der Waals surface area contributed by atoms with E-state index in [1.807, 2.05) is 4.90 Å². The Labute approximate surface area is 132 Å². The number of hydrogen-bond donors (Lipinski definition) is 1. The van der Waals surface area contributed by atoms with Crippen LogP contribution < -0.4 is 5.73 Å². The van der Waals surface area contributed by atoms with E-state index in [0.29, 0.717) is 12.0 Å². The molecular formula is C18H25N3O. The monoisotopic (exact) mass is 299 g/mol. The first-order chi connectivity index (χ1) is 10.6. The molecule has 1 saturated heterocycles. The van der Waals surface area contributed by atoms with Crippen molar-refractivity contribution in [1.82, 2.24) is 4.90 Å². The summed E-state index contributed by atoms with van der Waals surface area (Å²) >= 11 is 0. The number of fused-ring (bicyclic) bond motifs is 1. The van der Waals surface area contributed by atoms with Gasteiger partial charge in [-0.2, -0.15) is 0 Å². The SMILES string of the molecule is [C-]#[N+]C1CC2CC2N1C(=O)[C@@H](N)C12CC3CC(CC(C3)C1)C2. The Balaban J connectivity index is 1.41. The summed E-state index contributed by atoms with van der Waals surface area (Å²) in [7, 11) is 0. The number of piperidine rings is 1. The van der Waals surface area contributed by atoms with Crippen molar-refractivity contribution >= 4 is 5.91 Å². The fraction of sp³-hybridized carbons (Fsp3) is 0.889. The number of rotatable bonds is 2. The molecule has 6 aliphatic rings. The van der Waals surface area contributed by atoms with Gasteiger partial charge in [0.25, 0.3) is 0 Å². The number of carbonyl (C=O) groups is 1. The molecule has 0 spiro atoms. The highest BCUT2D eigenvalue weighted by atomic mass is 16.2. The third-order valence-electron chi connectivity index (χ3n) is 7.49. The zero-order valence-corrected chi connectivity index (χ0v) is 13.1. The Morgan fingerprint density at radius 3 is 2.23 bits per heavy atom. The van der Waals surface area contributed by atoms with Gasteiger partial charge < -0.3 is 5.73 Å². The Morgan fingerprint density at radius 2 is 1.68 bits per heavy atom. The van der Waals surface area contributed by atoms with Crippen LogP contribution in [0.1, 0.15) is 51.4 Å². The molecule has 4 atom stereocenters. The van der Waals surface area contributed by atoms with Crippen molar-refractivity contribution < 1.29 is 4.79 Å². The summed E-state index contributed by atoms with van der Waals surface area (Å²) in [6.45, 7) is 7.39. The van der Waals surface area contributed by atoms with Crippen molar-refractivity contribution in [3.63, 3.8) is 0 Å². The van der Waals surface area contributed by atoms with Gasteiger partial charge in [-0.25, -0.2) is 6.57 Å². The molecule has 4 heteroatoms. The second kappa shape index (κ2) is 4.26. The molecule has 5 aliphatic carbocycles. The number of likely N-dealkylation sites (tertiary alicyclic amines) is 1. The molecule has 1 heterocycles. The molecule has 0 aromatic heterocycles. The summed E-state index contributed by atoms with van der Waals surface area (Å²) in [6, 6.07) is -0.0175. The zero-order valence-electron chi connectivity index (χ0n) is 13.1. The number of amides is 1. The lowest BCUT2D eigenvalue weighted by Gasteiger charge is -2.58. The summed E-state index contributed by atoms with van der Waals surface area (Å²) in [6.07, 6.45) is 9.37. The maximum absolute atomic E-state index is 13.1. The summed E-state index contributed by atoms with van der Waals surface area (Å²) in [5, 5.41) is 0. The van der Waals surface area contributed by atoms with Gasteiger partial charge in [0.15, 0.2) is 0 Å². The number of nitrogens with zero attached hydrogens (tertiary/aromatic N) is 2. The maximum atomic E-state index is 13.1. The van der Waals surface area contributed by atoms with Crippen LogP contribution in [0.3, 0.4) is 0 Å². The second-order valence-corrected chi connectivity index (χ2v) is 8.91. The van der Waals surface area contributed by atoms with Gasteiger partial charge >= 0.3 is 6.17 Å². The highest BCUT2D eigenvalue weighted by Crippen LogP contribution is 2.61. The topological polar surface area (TPSA) is 50.7 Å². The molecule has 118 valence electrons. The lowest BCUT2D eigenvalue weighted by Crippen LogP contribution is -2.60. The van der Waals surface area contributed by atoms with Gasteiger partial charge in [-0.1, -0.05) is 0 Å². The zero-order chi connectivity index (χ0) is 15.1. The van der Waals surface area contributed by atoms with Crippen LogP contribution in [0.2, 0.25) is 0 Å². The Morgan fingerprint density at radius 1 is 1.09 bits per heavy atom. The lowest BCUT2D eigenvalue weighted by molar-refractivity contribution is -0.144. The molecule has 0 aromatic rings. The van der Waals surface area contributed by atoms with Crippen LogP contribution >= 0.6 is 0 Å². The van der Waals surface area contributed by atoms with Crippen LogP contribution in [0.25, 0.3) is 4.85 Å². The largest absolute Gasteiger partial charge is 0.319 e. The maximum Gasteiger partial charge on any atom is 0.301 e. The molecule has 0 aromatic carbocycles. The van der Waals surface area contributed by atoms with E-state index in [9.17, 15) is 4.79 Å². The van der Waals surface area contributed by atoms with Crippen molar-refractivity contribution in [3.05, 3.63) is 11.4 Å². The van der Waals surface area contributed by atoms with E-state index in [-0.39, 0.29) is 23.5 Å². The first kappa shape index (κ1) is 13.4. The molecule has 0 radical (unpaired) electrons. The Kier molecular flexibility index (Phi) is 2.59. The number of carbonyl (C=O) groups excluding carboxylic acids is 1. The predicted octanol–water partition coefficient (Wildman–Crippen LogP) is 2.40. The molecule has 6 rings (SSSR count). The minimum absolute atomic E-state index is 0.0609. The third-order valence-corrected chi connectivity index (χ3v) is 7.49. The molecule has 1 aliphatic heterocycles. The smallest absolute Gasteiger partial charge is 0.301 e. The molecule has 6 fully saturated rings. The van der Waals surface area contributed by atoms with E-state index in [2.05, 4.69) is 4.85 Å². The first-order valence-electron chi connectivity index (χ1n) is 9.04. The van der Waals surface area contributed by atoms with Gasteiger partial charge in [-0.05, 0) is 74.0 Å². The fourth-order valence-electron chi connectivity index (χ4n) is 6.84. The van der Waals surface area contributed by atoms with Crippen LogP contribution in [0.5, 0.6) is 0 Å². The normalized spacial score (nSPS) is 52.3. The second-order valence-electron chi connectivity index (χ2n) is 8.91. The van der Waals surface area contributed by atoms with E-state index >= 15 is 0 Å².